The summed E-state index contributed by atoms with van der Waals surface area (Å²) in [6.45, 7) is 4.92. The summed E-state index contributed by atoms with van der Waals surface area (Å²) >= 11 is 0. The van der Waals surface area contributed by atoms with E-state index >= 15 is 0 Å². The van der Waals surface area contributed by atoms with Gasteiger partial charge >= 0.3 is 0 Å². The van der Waals surface area contributed by atoms with Crippen molar-refractivity contribution in [1.29, 1.82) is 5.26 Å². The third-order valence-electron chi connectivity index (χ3n) is 7.17. The number of para-hydroxylation sites is 1. The lowest BCUT2D eigenvalue weighted by molar-refractivity contribution is 0.238. The number of H-pyrrole nitrogens is 1. The summed E-state index contributed by atoms with van der Waals surface area (Å²) in [5.41, 5.74) is 7.77. The minimum atomic E-state index is 0.767. The first-order valence-corrected chi connectivity index (χ1v) is 11.6. The Hall–Kier alpha value is -3.37. The molecule has 2 aliphatic carbocycles. The zero-order valence-corrected chi connectivity index (χ0v) is 18.2. The molecule has 0 unspecified atom stereocenters. The van der Waals surface area contributed by atoms with Crippen molar-refractivity contribution in [3.63, 3.8) is 0 Å². The summed E-state index contributed by atoms with van der Waals surface area (Å²) in [5.74, 6) is 0. The molecular weight excluding hydrogens is 398 g/mol. The van der Waals surface area contributed by atoms with E-state index in [0.717, 1.165) is 75.4 Å². The van der Waals surface area contributed by atoms with E-state index in [9.17, 15) is 5.26 Å². The molecule has 1 fully saturated rings. The van der Waals surface area contributed by atoms with Crippen LogP contribution in [0.15, 0.2) is 36.8 Å². The van der Waals surface area contributed by atoms with E-state index in [-0.39, 0.29) is 0 Å². The Morgan fingerprint density at radius 2 is 1.84 bits per heavy atom. The average Bonchev–Trinajstić information content (AvgIpc) is 3.42. The van der Waals surface area contributed by atoms with Crippen LogP contribution in [-0.2, 0) is 19.3 Å². The Morgan fingerprint density at radius 1 is 1.03 bits per heavy atom. The summed E-state index contributed by atoms with van der Waals surface area (Å²) in [7, 11) is 0. The Labute approximate surface area is 187 Å². The Morgan fingerprint density at radius 3 is 2.69 bits per heavy atom. The number of nitrogens with one attached hydrogen (secondary N) is 1. The van der Waals surface area contributed by atoms with Crippen LogP contribution in [0.4, 0.5) is 0 Å². The number of benzene rings is 1. The fourth-order valence-corrected chi connectivity index (χ4v) is 5.48. The van der Waals surface area contributed by atoms with Crippen LogP contribution in [-0.4, -0.2) is 57.5 Å². The van der Waals surface area contributed by atoms with Crippen molar-refractivity contribution in [2.45, 2.75) is 32.1 Å². The van der Waals surface area contributed by atoms with Gasteiger partial charge in [-0.2, -0.15) is 10.1 Å². The number of hydrogen-bond donors (Lipinski definition) is 1. The van der Waals surface area contributed by atoms with Gasteiger partial charge in [0.2, 0.25) is 0 Å². The van der Waals surface area contributed by atoms with Gasteiger partial charge in [0.05, 0.1) is 5.56 Å². The highest BCUT2D eigenvalue weighted by Gasteiger charge is 2.31. The lowest BCUT2D eigenvalue weighted by Gasteiger charge is -2.37. The number of nitriles is 1. The molecule has 0 bridgehead atoms. The molecular formula is C25H27N7. The molecule has 1 aromatic carbocycles. The molecule has 1 saturated heterocycles. The number of fused-ring (bicyclic) bond motifs is 4. The van der Waals surface area contributed by atoms with Crippen molar-refractivity contribution < 1.29 is 0 Å². The standard InChI is InChI=1S/C25H27N7/c26-15-22-20-6-1-2-7-21(20)25-24(22)28-17-29-32(25)31-13-11-30(12-14-31)10-9-18-16-27-23-8-4-3-5-19(18)23/h3-5,8,16-17,27H,1-2,6-7,9-14H2. The first-order chi connectivity index (χ1) is 15.8. The number of aromatic nitrogens is 4. The van der Waals surface area contributed by atoms with Gasteiger partial charge in [0.1, 0.15) is 23.8 Å². The molecule has 2 aromatic rings. The van der Waals surface area contributed by atoms with E-state index in [1.807, 2.05) is 4.79 Å². The number of piperazine rings is 1. The molecule has 2 aliphatic heterocycles. The topological polar surface area (TPSA) is 76.8 Å². The van der Waals surface area contributed by atoms with Crippen LogP contribution in [0, 0.1) is 11.3 Å². The van der Waals surface area contributed by atoms with Crippen LogP contribution >= 0.6 is 0 Å². The molecule has 7 nitrogen and oxygen atoms in total. The predicted molar refractivity (Wildman–Crippen MR) is 124 cm³/mol. The summed E-state index contributed by atoms with van der Waals surface area (Å²) in [6, 6.07) is 10.9. The first-order valence-electron chi connectivity index (χ1n) is 11.6. The molecule has 0 saturated carbocycles. The molecule has 0 atom stereocenters. The summed E-state index contributed by atoms with van der Waals surface area (Å²) in [4.78, 5) is 12.5. The number of nitrogens with zero attached hydrogens (tertiary/aromatic N) is 6. The highest BCUT2D eigenvalue weighted by molar-refractivity contribution is 5.83. The number of hydrogen-bond acceptors (Lipinski definition) is 5. The second-order valence-corrected chi connectivity index (χ2v) is 8.90. The molecule has 6 rings (SSSR count). The summed E-state index contributed by atoms with van der Waals surface area (Å²) in [6.07, 6.45) is 9.14. The molecule has 0 radical (unpaired) electrons. The Kier molecular flexibility index (Phi) is 4.80. The van der Waals surface area contributed by atoms with Crippen molar-refractivity contribution in [3.8, 4) is 17.5 Å². The van der Waals surface area contributed by atoms with Gasteiger partial charge < -0.3 is 4.98 Å². The lowest BCUT2D eigenvalue weighted by Crippen LogP contribution is -2.52. The molecule has 32 heavy (non-hydrogen) atoms. The molecule has 0 spiro atoms. The normalized spacial score (nSPS) is 17.0. The fraction of sp³-hybridized carbons (Fsp3) is 0.400. The monoisotopic (exact) mass is 425 g/mol. The van der Waals surface area contributed by atoms with Crippen molar-refractivity contribution in [3.05, 3.63) is 59.0 Å². The summed E-state index contributed by atoms with van der Waals surface area (Å²) in [5, 5.41) is 18.1. The quantitative estimate of drug-likeness (QED) is 0.544. The van der Waals surface area contributed by atoms with Gasteiger partial charge in [-0.3, -0.25) is 9.91 Å². The SMILES string of the molecule is N#Cc1c2ncnn(N3CCN(CCc4c[nH]c5ccccc45)CC3)c-2c2c1CCCC2. The number of aromatic amines is 1. The molecule has 7 heteroatoms. The van der Waals surface area contributed by atoms with Crippen LogP contribution in [0.1, 0.15) is 35.1 Å². The van der Waals surface area contributed by atoms with Gasteiger partial charge in [-0.1, -0.05) is 18.2 Å². The highest BCUT2D eigenvalue weighted by atomic mass is 15.7. The molecule has 0 amide bonds. The van der Waals surface area contributed by atoms with E-state index < -0.39 is 0 Å². The second-order valence-electron chi connectivity index (χ2n) is 8.90. The van der Waals surface area contributed by atoms with Gasteiger partial charge in [-0.25, -0.2) is 4.98 Å². The highest BCUT2D eigenvalue weighted by Crippen LogP contribution is 2.38. The molecule has 162 valence electrons. The minimum Gasteiger partial charge on any atom is -0.361 e. The zero-order valence-electron chi connectivity index (χ0n) is 18.2. The van der Waals surface area contributed by atoms with Crippen molar-refractivity contribution in [1.82, 2.24) is 24.8 Å². The van der Waals surface area contributed by atoms with Crippen LogP contribution in [0.2, 0.25) is 0 Å². The third kappa shape index (κ3) is 3.14. The smallest absolute Gasteiger partial charge is 0.138 e. The van der Waals surface area contributed by atoms with Gasteiger partial charge in [-0.15, -0.1) is 5.10 Å². The van der Waals surface area contributed by atoms with E-state index in [1.54, 1.807) is 6.33 Å². The fourth-order valence-electron chi connectivity index (χ4n) is 5.48. The molecule has 1 aromatic heterocycles. The van der Waals surface area contributed by atoms with Crippen LogP contribution in [0.5, 0.6) is 0 Å². The van der Waals surface area contributed by atoms with Crippen molar-refractivity contribution in [2.75, 3.05) is 37.7 Å². The summed E-state index contributed by atoms with van der Waals surface area (Å²) < 4.78 is 0. The van der Waals surface area contributed by atoms with E-state index in [1.165, 1.54) is 34.0 Å². The maximum Gasteiger partial charge on any atom is 0.138 e. The molecule has 4 aliphatic rings. The maximum absolute atomic E-state index is 9.78. The van der Waals surface area contributed by atoms with Gasteiger partial charge in [0.15, 0.2) is 0 Å². The van der Waals surface area contributed by atoms with Crippen LogP contribution < -0.4 is 5.01 Å². The van der Waals surface area contributed by atoms with Crippen molar-refractivity contribution in [2.24, 2.45) is 0 Å². The lowest BCUT2D eigenvalue weighted by atomic mass is 9.94. The van der Waals surface area contributed by atoms with E-state index in [4.69, 9.17) is 0 Å². The van der Waals surface area contributed by atoms with Gasteiger partial charge in [-0.05, 0) is 54.9 Å². The maximum atomic E-state index is 9.78. The van der Waals surface area contributed by atoms with Crippen LogP contribution in [0.25, 0.3) is 22.3 Å². The zero-order chi connectivity index (χ0) is 21.5. The minimum absolute atomic E-state index is 0.767. The Balaban J connectivity index is 1.18. The van der Waals surface area contributed by atoms with Gasteiger partial charge in [0.25, 0.3) is 0 Å². The largest absolute Gasteiger partial charge is 0.361 e. The van der Waals surface area contributed by atoms with E-state index in [0.29, 0.717) is 0 Å². The average molecular weight is 426 g/mol. The molecule has 1 N–H and O–H groups in total. The first kappa shape index (κ1) is 19.3. The van der Waals surface area contributed by atoms with E-state index in [2.05, 4.69) is 61.5 Å². The second kappa shape index (κ2) is 7.95. The number of rotatable bonds is 4. The molecule has 3 heterocycles. The van der Waals surface area contributed by atoms with Crippen molar-refractivity contribution >= 4 is 10.9 Å². The predicted octanol–water partition coefficient (Wildman–Crippen LogP) is 3.11. The Bertz CT molecular complexity index is 1270. The third-order valence-corrected chi connectivity index (χ3v) is 7.17. The van der Waals surface area contributed by atoms with Gasteiger partial charge in [0, 0.05) is 49.8 Å². The van der Waals surface area contributed by atoms with Crippen LogP contribution in [0.3, 0.4) is 0 Å².